The molecular formula is C12H10ClN3. The number of aromatic nitrogens is 1. The van der Waals surface area contributed by atoms with Gasteiger partial charge in [-0.1, -0.05) is 23.7 Å². The van der Waals surface area contributed by atoms with Gasteiger partial charge in [-0.25, -0.2) is 0 Å². The summed E-state index contributed by atoms with van der Waals surface area (Å²) in [7, 11) is 0. The van der Waals surface area contributed by atoms with Crippen LogP contribution in [0, 0.1) is 11.3 Å². The normalized spacial score (nSPS) is 10.1. The molecule has 2 aromatic rings. The van der Waals surface area contributed by atoms with Gasteiger partial charge in [0.2, 0.25) is 0 Å². The van der Waals surface area contributed by atoms with Gasteiger partial charge in [0.15, 0.2) is 0 Å². The lowest BCUT2D eigenvalue weighted by molar-refractivity contribution is 1.03. The lowest BCUT2D eigenvalue weighted by Crippen LogP contribution is -1.98. The zero-order valence-electron chi connectivity index (χ0n) is 8.52. The van der Waals surface area contributed by atoms with E-state index in [4.69, 9.17) is 22.6 Å². The molecule has 1 aromatic heterocycles. The van der Waals surface area contributed by atoms with Crippen LogP contribution in [0.25, 0.3) is 5.69 Å². The van der Waals surface area contributed by atoms with Crippen molar-refractivity contribution in [3.05, 3.63) is 52.8 Å². The smallest absolute Gasteiger partial charge is 0.126 e. The van der Waals surface area contributed by atoms with Gasteiger partial charge < -0.3 is 10.3 Å². The number of nitrogens with two attached hydrogens (primary N) is 1. The predicted octanol–water partition coefficient (Wildman–Crippen LogP) is 2.46. The standard InChI is InChI=1S/C12H10ClN3/c13-10-5-12(7-15)16(8-10)11-3-1-9(6-14)2-4-11/h1-5,8H,6,14H2. The number of halogens is 1. The van der Waals surface area contributed by atoms with E-state index in [1.807, 2.05) is 24.3 Å². The summed E-state index contributed by atoms with van der Waals surface area (Å²) >= 11 is 5.86. The first kappa shape index (κ1) is 10.7. The summed E-state index contributed by atoms with van der Waals surface area (Å²) in [6, 6.07) is 11.4. The Labute approximate surface area is 98.7 Å². The van der Waals surface area contributed by atoms with E-state index in [-0.39, 0.29) is 0 Å². The van der Waals surface area contributed by atoms with Gasteiger partial charge >= 0.3 is 0 Å². The van der Waals surface area contributed by atoms with Crippen molar-refractivity contribution >= 4 is 11.6 Å². The molecule has 1 heterocycles. The fraction of sp³-hybridized carbons (Fsp3) is 0.0833. The van der Waals surface area contributed by atoms with Crippen LogP contribution < -0.4 is 5.73 Å². The molecule has 0 fully saturated rings. The van der Waals surface area contributed by atoms with E-state index in [9.17, 15) is 0 Å². The van der Waals surface area contributed by atoms with Crippen LogP contribution >= 0.6 is 11.6 Å². The summed E-state index contributed by atoms with van der Waals surface area (Å²) in [6.45, 7) is 0.512. The molecule has 3 nitrogen and oxygen atoms in total. The molecule has 0 bridgehead atoms. The molecule has 0 aliphatic rings. The van der Waals surface area contributed by atoms with E-state index in [1.54, 1.807) is 16.8 Å². The number of nitriles is 1. The molecular weight excluding hydrogens is 222 g/mol. The summed E-state index contributed by atoms with van der Waals surface area (Å²) in [5.74, 6) is 0. The molecule has 16 heavy (non-hydrogen) atoms. The van der Waals surface area contributed by atoms with Gasteiger partial charge in [-0.05, 0) is 23.8 Å². The maximum Gasteiger partial charge on any atom is 0.126 e. The van der Waals surface area contributed by atoms with Crippen molar-refractivity contribution < 1.29 is 0 Å². The number of hydrogen-bond donors (Lipinski definition) is 1. The Bertz CT molecular complexity index is 534. The van der Waals surface area contributed by atoms with Crippen molar-refractivity contribution in [3.63, 3.8) is 0 Å². The first-order valence-corrected chi connectivity index (χ1v) is 5.20. The average molecular weight is 232 g/mol. The molecule has 0 aliphatic carbocycles. The Hall–Kier alpha value is -1.76. The van der Waals surface area contributed by atoms with Gasteiger partial charge in [0, 0.05) is 18.4 Å². The Morgan fingerprint density at radius 1 is 1.31 bits per heavy atom. The van der Waals surface area contributed by atoms with E-state index >= 15 is 0 Å². The maximum absolute atomic E-state index is 8.94. The van der Waals surface area contributed by atoms with Crippen molar-refractivity contribution in [1.29, 1.82) is 5.26 Å². The highest BCUT2D eigenvalue weighted by Gasteiger charge is 2.05. The lowest BCUT2D eigenvalue weighted by Gasteiger charge is -2.05. The molecule has 4 heteroatoms. The van der Waals surface area contributed by atoms with Crippen molar-refractivity contribution in [1.82, 2.24) is 4.57 Å². The van der Waals surface area contributed by atoms with E-state index < -0.39 is 0 Å². The molecule has 1 aromatic carbocycles. The molecule has 0 unspecified atom stereocenters. The monoisotopic (exact) mass is 231 g/mol. The molecule has 2 rings (SSSR count). The topological polar surface area (TPSA) is 54.7 Å². The Kier molecular flexibility index (Phi) is 2.95. The van der Waals surface area contributed by atoms with Crippen LogP contribution in [0.5, 0.6) is 0 Å². The number of benzene rings is 1. The highest BCUT2D eigenvalue weighted by Crippen LogP contribution is 2.19. The average Bonchev–Trinajstić information content (AvgIpc) is 2.70. The predicted molar refractivity (Wildman–Crippen MR) is 63.4 cm³/mol. The van der Waals surface area contributed by atoms with Crippen LogP contribution in [0.1, 0.15) is 11.3 Å². The summed E-state index contributed by atoms with van der Waals surface area (Å²) in [4.78, 5) is 0. The van der Waals surface area contributed by atoms with Gasteiger partial charge in [0.1, 0.15) is 11.8 Å². The van der Waals surface area contributed by atoms with E-state index in [1.165, 1.54) is 0 Å². The van der Waals surface area contributed by atoms with Crippen LogP contribution in [0.2, 0.25) is 5.02 Å². The third kappa shape index (κ3) is 1.94. The van der Waals surface area contributed by atoms with Crippen LogP contribution in [0.3, 0.4) is 0 Å². The van der Waals surface area contributed by atoms with Crippen molar-refractivity contribution in [2.24, 2.45) is 5.73 Å². The maximum atomic E-state index is 8.94. The number of rotatable bonds is 2. The second-order valence-corrected chi connectivity index (χ2v) is 3.83. The lowest BCUT2D eigenvalue weighted by atomic mass is 10.2. The van der Waals surface area contributed by atoms with Crippen LogP contribution in [-0.4, -0.2) is 4.57 Å². The summed E-state index contributed by atoms with van der Waals surface area (Å²) < 4.78 is 1.75. The minimum atomic E-state index is 0.512. The highest BCUT2D eigenvalue weighted by molar-refractivity contribution is 6.30. The molecule has 0 spiro atoms. The molecule has 2 N–H and O–H groups in total. The Morgan fingerprint density at radius 3 is 2.56 bits per heavy atom. The van der Waals surface area contributed by atoms with Gasteiger partial charge in [-0.2, -0.15) is 5.26 Å². The minimum absolute atomic E-state index is 0.512. The molecule has 0 amide bonds. The van der Waals surface area contributed by atoms with Gasteiger partial charge in [-0.3, -0.25) is 0 Å². The first-order valence-electron chi connectivity index (χ1n) is 4.82. The minimum Gasteiger partial charge on any atom is -0.326 e. The first-order chi connectivity index (χ1) is 7.74. The Morgan fingerprint density at radius 2 is 2.00 bits per heavy atom. The van der Waals surface area contributed by atoms with Gasteiger partial charge in [0.25, 0.3) is 0 Å². The van der Waals surface area contributed by atoms with Crippen LogP contribution in [0.4, 0.5) is 0 Å². The quantitative estimate of drug-likeness (QED) is 0.863. The zero-order valence-corrected chi connectivity index (χ0v) is 9.28. The summed E-state index contributed by atoms with van der Waals surface area (Å²) in [5, 5.41) is 9.50. The molecule has 0 atom stereocenters. The fourth-order valence-electron chi connectivity index (χ4n) is 1.52. The van der Waals surface area contributed by atoms with Crippen LogP contribution in [0.15, 0.2) is 36.5 Å². The van der Waals surface area contributed by atoms with E-state index in [0.717, 1.165) is 11.3 Å². The largest absolute Gasteiger partial charge is 0.326 e. The Balaban J connectivity index is 2.46. The molecule has 0 saturated heterocycles. The summed E-state index contributed by atoms with van der Waals surface area (Å²) in [6.07, 6.45) is 1.72. The third-order valence-corrected chi connectivity index (χ3v) is 2.56. The SMILES string of the molecule is N#Cc1cc(Cl)cn1-c1ccc(CN)cc1. The van der Waals surface area contributed by atoms with Crippen molar-refractivity contribution in [2.45, 2.75) is 6.54 Å². The number of nitrogens with zero attached hydrogens (tertiary/aromatic N) is 2. The van der Waals surface area contributed by atoms with E-state index in [2.05, 4.69) is 6.07 Å². The second-order valence-electron chi connectivity index (χ2n) is 3.40. The number of hydrogen-bond acceptors (Lipinski definition) is 2. The molecule has 0 saturated carbocycles. The van der Waals surface area contributed by atoms with Gasteiger partial charge in [-0.15, -0.1) is 0 Å². The van der Waals surface area contributed by atoms with Crippen molar-refractivity contribution in [3.8, 4) is 11.8 Å². The van der Waals surface area contributed by atoms with Gasteiger partial charge in [0.05, 0.1) is 5.02 Å². The second kappa shape index (κ2) is 4.40. The summed E-state index contributed by atoms with van der Waals surface area (Å²) in [5.41, 5.74) is 8.00. The van der Waals surface area contributed by atoms with Crippen LogP contribution in [-0.2, 0) is 6.54 Å². The molecule has 0 radical (unpaired) electrons. The molecule has 80 valence electrons. The third-order valence-electron chi connectivity index (χ3n) is 2.35. The molecule has 0 aliphatic heterocycles. The van der Waals surface area contributed by atoms with Crippen molar-refractivity contribution in [2.75, 3.05) is 0 Å². The fourth-order valence-corrected chi connectivity index (χ4v) is 1.72. The van der Waals surface area contributed by atoms with E-state index in [0.29, 0.717) is 17.3 Å². The highest BCUT2D eigenvalue weighted by atomic mass is 35.5. The zero-order chi connectivity index (χ0) is 11.5.